The number of nitrogens with zero attached hydrogens (tertiary/aromatic N) is 17. The van der Waals surface area contributed by atoms with E-state index in [1.165, 1.54) is 11.2 Å². The number of rotatable bonds is 15. The van der Waals surface area contributed by atoms with Gasteiger partial charge in [0.15, 0.2) is 5.65 Å². The van der Waals surface area contributed by atoms with Gasteiger partial charge in [-0.2, -0.15) is 5.10 Å². The van der Waals surface area contributed by atoms with Crippen LogP contribution in [0.2, 0.25) is 0 Å². The molecular formula is C94H116N20O13. The number of H-pyrrole nitrogens is 1. The van der Waals surface area contributed by atoms with Gasteiger partial charge in [0, 0.05) is 183 Å². The fraction of sp³-hybridized carbons (Fsp3) is 0.511. The first-order valence-electron chi connectivity index (χ1n) is 44.9. The second kappa shape index (κ2) is 41.1. The number of benzene rings is 1. The number of ether oxygens (including phenoxy) is 4. The van der Waals surface area contributed by atoms with Gasteiger partial charge in [-0.1, -0.05) is 82.4 Å². The van der Waals surface area contributed by atoms with Crippen molar-refractivity contribution in [3.63, 3.8) is 0 Å². The molecule has 1 aliphatic carbocycles. The molecule has 0 radical (unpaired) electrons. The van der Waals surface area contributed by atoms with Crippen LogP contribution in [0.5, 0.6) is 0 Å². The Balaban J connectivity index is 0.479. The number of allylic oxidation sites excluding steroid dienone is 6. The van der Waals surface area contributed by atoms with Crippen molar-refractivity contribution in [2.24, 2.45) is 29.6 Å². The van der Waals surface area contributed by atoms with E-state index in [4.69, 9.17) is 29.8 Å². The van der Waals surface area contributed by atoms with Crippen molar-refractivity contribution in [3.8, 4) is 11.3 Å². The number of aromatic amines is 1. The third-order valence-corrected chi connectivity index (χ3v) is 26.2. The monoisotopic (exact) mass is 1730 g/mol. The van der Waals surface area contributed by atoms with Crippen molar-refractivity contribution in [1.82, 2.24) is 79.6 Å². The Labute approximate surface area is 738 Å². The van der Waals surface area contributed by atoms with Gasteiger partial charge in [0.2, 0.25) is 23.6 Å². The zero-order valence-corrected chi connectivity index (χ0v) is 73.5. The number of anilines is 4. The quantitative estimate of drug-likeness (QED) is 0.0421. The minimum atomic E-state index is -1.10. The molecule has 13 heterocycles. The molecule has 0 spiro atoms. The fourth-order valence-corrected chi connectivity index (χ4v) is 18.5. The number of amides is 4. The van der Waals surface area contributed by atoms with E-state index in [1.54, 1.807) is 75.3 Å². The minimum absolute atomic E-state index is 0.0782. The molecule has 33 nitrogen and oxygen atoms in total. The zero-order valence-electron chi connectivity index (χ0n) is 73.5. The van der Waals surface area contributed by atoms with Gasteiger partial charge >= 0.3 is 12.1 Å². The van der Waals surface area contributed by atoms with Crippen LogP contribution in [0.3, 0.4) is 0 Å². The third kappa shape index (κ3) is 22.0. The van der Waals surface area contributed by atoms with Gasteiger partial charge in [-0.15, -0.1) is 0 Å². The Kier molecular flexibility index (Phi) is 29.0. The zero-order chi connectivity index (χ0) is 88.9. The van der Waals surface area contributed by atoms with Crippen LogP contribution in [0, 0.1) is 29.6 Å². The molecule has 1 aromatic carbocycles. The summed E-state index contributed by atoms with van der Waals surface area (Å²) in [6, 6.07) is 9.24. The number of carbonyl (C=O) groups is 8. The second-order valence-corrected chi connectivity index (χ2v) is 35.3. The van der Waals surface area contributed by atoms with Crippen LogP contribution in [-0.4, -0.2) is 242 Å². The topological polar surface area (TPSA) is 401 Å². The Hall–Kier alpha value is -12.1. The number of pyridine rings is 1. The van der Waals surface area contributed by atoms with E-state index in [1.807, 2.05) is 90.9 Å². The van der Waals surface area contributed by atoms with E-state index in [-0.39, 0.29) is 97.7 Å². The number of fused-ring (bicyclic) bond motifs is 6. The molecule has 8 aromatic rings. The standard InChI is InChI=1S/C94H116N20O13/c1-57-13-9-8-10-14-58(2)79(124-7)44-74-22-16-59(3)83(125-74)82(118)89(121)113-29-12-11-15-75(113)90(122)126-73(43-76(115)61(5)40-62(6)78(117)45-77(116)60(4)39-57)25-20-63-18-23-72(24-19-63)127-94(123)104-48-65-46-98-91(99-47-65)110-35-37-111(38-36-110)93-100-50-70(51-101-93)87(119)108-31-33-109(34-32-108)92-102-52-71(53-103-92)88(120)112-30-27-66-41-64(17-21-68(66)55-112)54-114-86-80(84(95)105-56-106-86)81(107-114)69-42-67-26-28-96-85(67)97-49-69/h8-10,13-14,17,21,26,28,40-42,46-47,49-53,56-57,59-61,63,72-75,78-79,83,117H,11-12,15-16,18-20,22-25,27,29-39,43-45,48,54-55H2,1-7H3,(H,96,97)(H,104,123)(H2,95,105,106)/b10-8+,13-9+,58-14+,62-40+/t57-,59-,60-,61-,63-,72-,73-,74?,75+,78+,79+,83?/m1/s1. The first kappa shape index (κ1) is 89.7. The van der Waals surface area contributed by atoms with Gasteiger partial charge < -0.3 is 69.5 Å². The number of hydrogen-bond donors (Lipinski definition) is 4. The number of esters is 1. The molecule has 127 heavy (non-hydrogen) atoms. The molecule has 33 heteroatoms. The summed E-state index contributed by atoms with van der Waals surface area (Å²) in [6.07, 6.45) is 29.6. The van der Waals surface area contributed by atoms with E-state index in [2.05, 4.69) is 83.2 Å². The number of cyclic esters (lactones) is 1. The molecule has 7 aliphatic rings. The highest BCUT2D eigenvalue weighted by Gasteiger charge is 2.44. The molecule has 7 aromatic heterocycles. The molecule has 4 saturated heterocycles. The summed E-state index contributed by atoms with van der Waals surface area (Å²) < 4.78 is 26.5. The van der Waals surface area contributed by atoms with Gasteiger partial charge in [0.05, 0.1) is 41.4 Å². The summed E-state index contributed by atoms with van der Waals surface area (Å²) in [5.74, 6) is -1.92. The number of Topliss-reactive ketones (excluding diaryl/α,β-unsaturated/α-hetero) is 3. The van der Waals surface area contributed by atoms with E-state index < -0.39 is 54.0 Å². The summed E-state index contributed by atoms with van der Waals surface area (Å²) in [5, 5.41) is 20.8. The first-order chi connectivity index (χ1) is 61.4. The van der Waals surface area contributed by atoms with Gasteiger partial charge in [0.25, 0.3) is 17.7 Å². The summed E-state index contributed by atoms with van der Waals surface area (Å²) >= 11 is 0. The number of nitrogens with one attached hydrogen (secondary N) is 2. The van der Waals surface area contributed by atoms with Crippen molar-refractivity contribution < 1.29 is 62.4 Å². The highest BCUT2D eigenvalue weighted by molar-refractivity contribution is 6.38. The van der Waals surface area contributed by atoms with Crippen LogP contribution >= 0.6 is 0 Å². The van der Waals surface area contributed by atoms with E-state index in [0.29, 0.717) is 205 Å². The number of piperidine rings is 1. The van der Waals surface area contributed by atoms with Crippen LogP contribution in [0.25, 0.3) is 33.3 Å². The largest absolute Gasteiger partial charge is 0.460 e. The number of aliphatic hydroxyl groups excluding tert-OH is 1. The Bertz CT molecular complexity index is 5400. The van der Waals surface area contributed by atoms with Gasteiger partial charge in [-0.25, -0.2) is 59.1 Å². The van der Waals surface area contributed by atoms with E-state index in [0.717, 1.165) is 51.7 Å². The van der Waals surface area contributed by atoms with Gasteiger partial charge in [-0.3, -0.25) is 28.8 Å². The van der Waals surface area contributed by atoms with E-state index >= 15 is 0 Å². The molecule has 2 unspecified atom stereocenters. The lowest BCUT2D eigenvalue weighted by atomic mass is 9.83. The van der Waals surface area contributed by atoms with Crippen molar-refractivity contribution in [3.05, 3.63) is 167 Å². The van der Waals surface area contributed by atoms with Crippen LogP contribution in [0.1, 0.15) is 181 Å². The minimum Gasteiger partial charge on any atom is -0.460 e. The highest BCUT2D eigenvalue weighted by atomic mass is 16.6. The molecule has 670 valence electrons. The number of nitrogen functional groups attached to an aromatic ring is 1. The molecule has 2 bridgehead atoms. The summed E-state index contributed by atoms with van der Waals surface area (Å²) in [7, 11) is 1.64. The maximum atomic E-state index is 14.6. The lowest BCUT2D eigenvalue weighted by Gasteiger charge is -2.38. The maximum absolute atomic E-state index is 14.6. The number of alkyl carbamates (subject to hydrolysis) is 1. The second-order valence-electron chi connectivity index (χ2n) is 35.3. The Morgan fingerprint density at radius 2 is 1.35 bits per heavy atom. The molecule has 6 aliphatic heterocycles. The third-order valence-electron chi connectivity index (χ3n) is 26.2. The smallest absolute Gasteiger partial charge is 0.407 e. The number of ketones is 3. The maximum Gasteiger partial charge on any atom is 0.407 e. The number of hydrogen-bond acceptors (Lipinski definition) is 27. The first-order valence-corrected chi connectivity index (χ1v) is 44.9. The predicted octanol–water partition coefficient (Wildman–Crippen LogP) is 10.5. The Morgan fingerprint density at radius 3 is 2.05 bits per heavy atom. The molecule has 10 atom stereocenters. The van der Waals surface area contributed by atoms with Crippen LogP contribution < -0.4 is 25.8 Å². The molecule has 5 fully saturated rings. The summed E-state index contributed by atoms with van der Waals surface area (Å²) in [6.45, 7) is 17.2. The van der Waals surface area contributed by atoms with Crippen LogP contribution in [-0.2, 0) is 69.0 Å². The number of aromatic nitrogens is 12. The lowest BCUT2D eigenvalue weighted by Crippen LogP contribution is -2.55. The van der Waals surface area contributed by atoms with Crippen molar-refractivity contribution in [2.75, 3.05) is 93.0 Å². The number of nitrogens with two attached hydrogens (primary N) is 1. The van der Waals surface area contributed by atoms with Gasteiger partial charge in [0.1, 0.15) is 59.4 Å². The van der Waals surface area contributed by atoms with Crippen molar-refractivity contribution in [2.45, 2.75) is 207 Å². The molecular weight excluding hydrogens is 1620 g/mol. The molecule has 1 saturated carbocycles. The summed E-state index contributed by atoms with van der Waals surface area (Å²) in [5.41, 5.74) is 15.5. The SMILES string of the molecule is CO[C@H]1CC2CC[C@@H](C)C(O2)C(=O)C(=O)N2CCCC[C@H]2C(=O)O[C@H](CC[C@H]2CC[C@H](OC(=O)NCc3cnc(N4CCN(c5ncc(C(=O)N6CCN(c7ncc(C(=O)N8CCc9cc(Cn%10nc(-c%11cnc%12[nH]ccc%12c%11)c%11c(N)ncnc%11%10)ccc9C8)cn7)CC6)cn5)CC4)nc3)CC2)CC(=O)[C@H](C)/C=C(\C)[C@@H](O)CC(=O)[C@H](C)C[C@H](C)/C=C/C=C/C=C/1C. The number of aliphatic hydroxyl groups is 1. The molecule has 15 rings (SSSR count). The normalized spacial score (nSPS) is 26.3. The predicted molar refractivity (Wildman–Crippen MR) is 476 cm³/mol. The summed E-state index contributed by atoms with van der Waals surface area (Å²) in [4.78, 5) is 167. The number of methoxy groups -OCH3 is 1. The van der Waals surface area contributed by atoms with Crippen molar-refractivity contribution in [1.29, 1.82) is 0 Å². The lowest BCUT2D eigenvalue weighted by molar-refractivity contribution is -0.169. The number of carbonyl (C=O) groups excluding carboxylic acids is 8. The van der Waals surface area contributed by atoms with Crippen LogP contribution in [0.15, 0.2) is 134 Å². The Morgan fingerprint density at radius 1 is 0.661 bits per heavy atom. The van der Waals surface area contributed by atoms with Crippen LogP contribution in [0.4, 0.5) is 28.5 Å². The molecule has 4 amide bonds. The average molecular weight is 1730 g/mol. The van der Waals surface area contributed by atoms with Crippen molar-refractivity contribution >= 4 is 92.9 Å². The van der Waals surface area contributed by atoms with E-state index in [9.17, 15) is 43.5 Å². The highest BCUT2D eigenvalue weighted by Crippen LogP contribution is 2.37. The average Bonchev–Trinajstić information content (AvgIpc) is 1.61. The van der Waals surface area contributed by atoms with Gasteiger partial charge in [-0.05, 0) is 155 Å². The molecule has 5 N–H and O–H groups in total. The number of piperazine rings is 2. The fourth-order valence-electron chi connectivity index (χ4n) is 18.5.